The van der Waals surface area contributed by atoms with E-state index in [0.29, 0.717) is 42.0 Å². The van der Waals surface area contributed by atoms with Gasteiger partial charge in [0.25, 0.3) is 0 Å². The van der Waals surface area contributed by atoms with Crippen molar-refractivity contribution < 1.29 is 26.0 Å². The maximum atomic E-state index is 14.9. The summed E-state index contributed by atoms with van der Waals surface area (Å²) in [4.78, 5) is 8.49. The number of benzene rings is 1. The Kier molecular flexibility index (Phi) is 10.0. The van der Waals surface area contributed by atoms with Gasteiger partial charge in [0.15, 0.2) is 0 Å². The fraction of sp³-hybridized carbons (Fsp3) is 0.367. The minimum absolute atomic E-state index is 0.0470. The smallest absolute Gasteiger partial charge is 0.261 e. The van der Waals surface area contributed by atoms with Gasteiger partial charge in [0.05, 0.1) is 17.0 Å². The van der Waals surface area contributed by atoms with Gasteiger partial charge in [-0.05, 0) is 92.6 Å². The van der Waals surface area contributed by atoms with E-state index in [9.17, 15) is 31.2 Å². The van der Waals surface area contributed by atoms with Crippen LogP contribution in [0.15, 0.2) is 53.6 Å². The van der Waals surface area contributed by atoms with Gasteiger partial charge in [-0.25, -0.2) is 12.8 Å². The topological polar surface area (TPSA) is 95.7 Å². The number of nitrogens with one attached hydrogen (secondary N) is 1. The maximum absolute atomic E-state index is 14.9. The second kappa shape index (κ2) is 12.9. The summed E-state index contributed by atoms with van der Waals surface area (Å²) >= 11 is 0. The molecule has 0 spiro atoms. The predicted octanol–water partition coefficient (Wildman–Crippen LogP) is 7.04. The van der Waals surface area contributed by atoms with Crippen molar-refractivity contribution in [1.82, 2.24) is 14.7 Å². The van der Waals surface area contributed by atoms with Crippen LogP contribution < -0.4 is 4.72 Å². The van der Waals surface area contributed by atoms with Crippen LogP contribution in [-0.2, 0) is 16.4 Å². The van der Waals surface area contributed by atoms with E-state index >= 15 is 0 Å². The SMILES string of the molecule is CCc1cc(C)c(C(C#N)=C(CC(CC)c2ccccn2)c2ccc(S(=O)(=O)NC(C)C(F)(F)F)c(C)n2)cc1F. The molecule has 0 saturated carbocycles. The van der Waals surface area contributed by atoms with Crippen LogP contribution in [0, 0.1) is 31.0 Å². The van der Waals surface area contributed by atoms with Crippen LogP contribution in [0.5, 0.6) is 0 Å². The number of nitrogens with zero attached hydrogens (tertiary/aromatic N) is 3. The van der Waals surface area contributed by atoms with Crippen LogP contribution >= 0.6 is 0 Å². The van der Waals surface area contributed by atoms with E-state index < -0.39 is 33.0 Å². The molecule has 0 amide bonds. The summed E-state index contributed by atoms with van der Waals surface area (Å²) in [5.74, 6) is -0.609. The second-order valence-electron chi connectivity index (χ2n) is 9.81. The highest BCUT2D eigenvalue weighted by atomic mass is 32.2. The Morgan fingerprint density at radius 1 is 1.12 bits per heavy atom. The van der Waals surface area contributed by atoms with E-state index in [4.69, 9.17) is 0 Å². The van der Waals surface area contributed by atoms with E-state index in [2.05, 4.69) is 16.0 Å². The van der Waals surface area contributed by atoms with Gasteiger partial charge in [0.2, 0.25) is 10.0 Å². The number of sulfonamides is 1. The van der Waals surface area contributed by atoms with E-state index in [1.807, 2.05) is 26.0 Å². The molecule has 2 atom stereocenters. The Hall–Kier alpha value is -3.62. The van der Waals surface area contributed by atoms with Gasteiger partial charge in [-0.15, -0.1) is 0 Å². The minimum Gasteiger partial charge on any atom is -0.261 e. The predicted molar refractivity (Wildman–Crippen MR) is 150 cm³/mol. The van der Waals surface area contributed by atoms with Crippen molar-refractivity contribution in [3.8, 4) is 6.07 Å². The zero-order chi connectivity index (χ0) is 30.5. The summed E-state index contributed by atoms with van der Waals surface area (Å²) in [6.45, 7) is 7.65. The third-order valence-electron chi connectivity index (χ3n) is 6.97. The first-order valence-electron chi connectivity index (χ1n) is 13.1. The first-order chi connectivity index (χ1) is 19.2. The minimum atomic E-state index is -4.77. The molecule has 218 valence electrons. The zero-order valence-electron chi connectivity index (χ0n) is 23.5. The lowest BCUT2D eigenvalue weighted by Gasteiger charge is -2.21. The molecule has 1 N–H and O–H groups in total. The molecule has 2 heterocycles. The molecule has 0 aliphatic heterocycles. The quantitative estimate of drug-likeness (QED) is 0.202. The van der Waals surface area contributed by atoms with Crippen LogP contribution in [0.3, 0.4) is 0 Å². The molecular formula is C30H32F4N4O2S. The van der Waals surface area contributed by atoms with Gasteiger partial charge >= 0.3 is 6.18 Å². The van der Waals surface area contributed by atoms with Gasteiger partial charge in [-0.2, -0.15) is 23.2 Å². The highest BCUT2D eigenvalue weighted by Crippen LogP contribution is 2.37. The van der Waals surface area contributed by atoms with Gasteiger partial charge in [-0.1, -0.05) is 26.0 Å². The van der Waals surface area contributed by atoms with Gasteiger partial charge in [0.1, 0.15) is 22.8 Å². The monoisotopic (exact) mass is 588 g/mol. The molecule has 1 aromatic carbocycles. The Bertz CT molecular complexity index is 1580. The number of aromatic nitrogens is 2. The number of alkyl halides is 3. The molecular weight excluding hydrogens is 556 g/mol. The van der Waals surface area contributed by atoms with Crippen molar-refractivity contribution in [2.24, 2.45) is 0 Å². The number of hydrogen-bond acceptors (Lipinski definition) is 5. The molecule has 2 aromatic heterocycles. The van der Waals surface area contributed by atoms with Crippen LogP contribution in [0.2, 0.25) is 0 Å². The zero-order valence-corrected chi connectivity index (χ0v) is 24.3. The highest BCUT2D eigenvalue weighted by molar-refractivity contribution is 7.89. The third kappa shape index (κ3) is 7.37. The second-order valence-corrected chi connectivity index (χ2v) is 11.5. The van der Waals surface area contributed by atoms with Crippen LogP contribution in [0.25, 0.3) is 11.1 Å². The Balaban J connectivity index is 2.22. The lowest BCUT2D eigenvalue weighted by atomic mass is 9.86. The first-order valence-corrected chi connectivity index (χ1v) is 14.6. The highest BCUT2D eigenvalue weighted by Gasteiger charge is 2.39. The van der Waals surface area contributed by atoms with Gasteiger partial charge in [0, 0.05) is 17.8 Å². The Morgan fingerprint density at radius 2 is 1.83 bits per heavy atom. The number of hydrogen-bond donors (Lipinski definition) is 1. The summed E-state index contributed by atoms with van der Waals surface area (Å²) in [6, 6.07) is 10.9. The molecule has 0 fully saturated rings. The van der Waals surface area contributed by atoms with Crippen LogP contribution in [0.1, 0.15) is 73.3 Å². The van der Waals surface area contributed by atoms with Gasteiger partial charge < -0.3 is 0 Å². The fourth-order valence-electron chi connectivity index (χ4n) is 4.59. The van der Waals surface area contributed by atoms with E-state index in [0.717, 1.165) is 5.69 Å². The summed E-state index contributed by atoms with van der Waals surface area (Å²) in [6.07, 6.45) is -1.72. The molecule has 0 aliphatic rings. The average Bonchev–Trinajstić information content (AvgIpc) is 2.92. The number of nitriles is 1. The molecule has 3 rings (SSSR count). The Morgan fingerprint density at radius 3 is 2.37 bits per heavy atom. The van der Waals surface area contributed by atoms with Crippen LogP contribution in [0.4, 0.5) is 17.6 Å². The number of pyridine rings is 2. The van der Waals surface area contributed by atoms with Crippen molar-refractivity contribution in [2.45, 2.75) is 76.9 Å². The summed E-state index contributed by atoms with van der Waals surface area (Å²) in [7, 11) is -4.56. The lowest BCUT2D eigenvalue weighted by molar-refractivity contribution is -0.147. The van der Waals surface area contributed by atoms with Crippen LogP contribution in [-0.4, -0.2) is 30.6 Å². The number of rotatable bonds is 10. The molecule has 0 saturated heterocycles. The average molecular weight is 589 g/mol. The fourth-order valence-corrected chi connectivity index (χ4v) is 6.00. The summed E-state index contributed by atoms with van der Waals surface area (Å²) < 4.78 is 81.3. The summed E-state index contributed by atoms with van der Waals surface area (Å²) in [5.41, 5.74) is 3.17. The van der Waals surface area contributed by atoms with E-state index in [1.165, 1.54) is 25.1 Å². The van der Waals surface area contributed by atoms with Crippen molar-refractivity contribution in [3.63, 3.8) is 0 Å². The Labute approximate surface area is 238 Å². The molecule has 0 aliphatic carbocycles. The van der Waals surface area contributed by atoms with Crippen molar-refractivity contribution in [2.75, 3.05) is 0 Å². The maximum Gasteiger partial charge on any atom is 0.404 e. The number of allylic oxidation sites excluding steroid dienone is 2. The molecule has 0 bridgehead atoms. The van der Waals surface area contributed by atoms with E-state index in [-0.39, 0.29) is 29.3 Å². The van der Waals surface area contributed by atoms with Gasteiger partial charge in [-0.3, -0.25) is 9.97 Å². The third-order valence-corrected chi connectivity index (χ3v) is 8.64. The largest absolute Gasteiger partial charge is 0.404 e. The molecule has 0 radical (unpaired) electrons. The first kappa shape index (κ1) is 31.9. The number of halogens is 4. The van der Waals surface area contributed by atoms with Crippen molar-refractivity contribution in [3.05, 3.63) is 88.3 Å². The lowest BCUT2D eigenvalue weighted by Crippen LogP contribution is -2.43. The van der Waals surface area contributed by atoms with Crippen molar-refractivity contribution >= 4 is 21.2 Å². The molecule has 6 nitrogen and oxygen atoms in total. The van der Waals surface area contributed by atoms with Crippen molar-refractivity contribution in [1.29, 1.82) is 5.26 Å². The molecule has 41 heavy (non-hydrogen) atoms. The molecule has 11 heteroatoms. The molecule has 3 aromatic rings. The standard InChI is InChI=1S/C30H32F4N4O2S/c1-6-21-14-18(3)23(16-26(21)31)25(17-35)24(15-22(7-2)27-10-8-9-13-36-27)28-11-12-29(19(4)37-28)41(39,40)38-20(5)30(32,33)34/h8-14,16,20,22,38H,6-7,15H2,1-5H3. The summed E-state index contributed by atoms with van der Waals surface area (Å²) in [5, 5.41) is 10.4. The van der Waals surface area contributed by atoms with E-state index in [1.54, 1.807) is 30.0 Å². The normalized spacial score (nSPS) is 14.2. The molecule has 2 unspecified atom stereocenters. The number of aryl methyl sites for hydroxylation is 3.